The van der Waals surface area contributed by atoms with Gasteiger partial charge in [-0.25, -0.2) is 0 Å². The minimum Gasteiger partial charge on any atom is -0.491 e. The van der Waals surface area contributed by atoms with E-state index in [0.717, 1.165) is 22.6 Å². The fourth-order valence-corrected chi connectivity index (χ4v) is 2.65. The van der Waals surface area contributed by atoms with E-state index in [1.165, 1.54) is 0 Å². The number of ether oxygens (including phenoxy) is 4. The third-order valence-electron chi connectivity index (χ3n) is 4.54. The summed E-state index contributed by atoms with van der Waals surface area (Å²) in [5.74, 6) is 1.75. The van der Waals surface area contributed by atoms with E-state index in [0.29, 0.717) is 25.4 Å². The second kappa shape index (κ2) is 6.46. The van der Waals surface area contributed by atoms with Crippen LogP contribution in [0, 0.1) is 0 Å². The summed E-state index contributed by atoms with van der Waals surface area (Å²) in [7, 11) is 0. The van der Waals surface area contributed by atoms with Gasteiger partial charge in [0.2, 0.25) is 0 Å². The van der Waals surface area contributed by atoms with Crippen LogP contribution >= 0.6 is 0 Å². The molecule has 0 radical (unpaired) electrons. The number of epoxide rings is 2. The van der Waals surface area contributed by atoms with Gasteiger partial charge in [0.25, 0.3) is 0 Å². The van der Waals surface area contributed by atoms with Crippen LogP contribution in [0.5, 0.6) is 11.5 Å². The van der Waals surface area contributed by atoms with Crippen molar-refractivity contribution in [3.63, 3.8) is 0 Å². The molecule has 0 saturated carbocycles. The normalized spacial score (nSPS) is 27.6. The van der Waals surface area contributed by atoms with Crippen LogP contribution in [0.4, 0.5) is 0 Å². The van der Waals surface area contributed by atoms with Crippen LogP contribution in [-0.2, 0) is 9.47 Å². The Labute approximate surface area is 142 Å². The van der Waals surface area contributed by atoms with E-state index in [-0.39, 0.29) is 12.2 Å². The molecule has 0 amide bonds. The summed E-state index contributed by atoms with van der Waals surface area (Å²) < 4.78 is 22.1. The van der Waals surface area contributed by atoms with Crippen molar-refractivity contribution >= 4 is 0 Å². The summed E-state index contributed by atoms with van der Waals surface area (Å²) in [6.07, 6.45) is 1.17. The molecule has 4 unspecified atom stereocenters. The van der Waals surface area contributed by atoms with E-state index in [1.807, 2.05) is 24.3 Å². The van der Waals surface area contributed by atoms with Gasteiger partial charge in [-0.2, -0.15) is 0 Å². The standard InChI is InChI=1S/C20H22O4/c1-13-19(23-13)11-21-17-7-3-15(4-8-17)16-5-9-18(10-6-16)22-12-20-14(2)24-20/h3-10,13-14,19-20H,11-12H2,1-2H3. The third-order valence-corrected chi connectivity index (χ3v) is 4.54. The molecular weight excluding hydrogens is 304 g/mol. The molecule has 4 heteroatoms. The van der Waals surface area contributed by atoms with Gasteiger partial charge in [-0.05, 0) is 49.2 Å². The highest BCUT2D eigenvalue weighted by atomic mass is 16.6. The monoisotopic (exact) mass is 326 g/mol. The Kier molecular flexibility index (Phi) is 4.17. The van der Waals surface area contributed by atoms with Gasteiger partial charge >= 0.3 is 0 Å². The van der Waals surface area contributed by atoms with Crippen LogP contribution in [0.2, 0.25) is 0 Å². The summed E-state index contributed by atoms with van der Waals surface area (Å²) in [6, 6.07) is 16.3. The molecule has 2 aliphatic rings. The van der Waals surface area contributed by atoms with Gasteiger partial charge in [0.05, 0.1) is 12.2 Å². The average molecular weight is 326 g/mol. The van der Waals surface area contributed by atoms with Crippen molar-refractivity contribution in [3.8, 4) is 22.6 Å². The Morgan fingerprint density at radius 1 is 0.667 bits per heavy atom. The molecule has 4 nitrogen and oxygen atoms in total. The van der Waals surface area contributed by atoms with Crippen LogP contribution in [0.1, 0.15) is 13.8 Å². The zero-order valence-corrected chi connectivity index (χ0v) is 14.0. The number of benzene rings is 2. The molecule has 0 aromatic heterocycles. The Morgan fingerprint density at radius 3 is 1.29 bits per heavy atom. The van der Waals surface area contributed by atoms with Crippen LogP contribution < -0.4 is 9.47 Å². The zero-order valence-electron chi connectivity index (χ0n) is 14.0. The molecule has 2 heterocycles. The zero-order chi connectivity index (χ0) is 16.5. The topological polar surface area (TPSA) is 43.5 Å². The van der Waals surface area contributed by atoms with E-state index < -0.39 is 0 Å². The van der Waals surface area contributed by atoms with Gasteiger partial charge in [-0.15, -0.1) is 0 Å². The Morgan fingerprint density at radius 2 is 1.00 bits per heavy atom. The highest BCUT2D eigenvalue weighted by molar-refractivity contribution is 5.64. The summed E-state index contributed by atoms with van der Waals surface area (Å²) in [5, 5.41) is 0. The van der Waals surface area contributed by atoms with E-state index in [1.54, 1.807) is 0 Å². The van der Waals surface area contributed by atoms with Crippen LogP contribution in [0.25, 0.3) is 11.1 Å². The molecule has 2 aliphatic heterocycles. The maximum absolute atomic E-state index is 5.72. The first-order chi connectivity index (χ1) is 11.7. The Hall–Kier alpha value is -2.04. The SMILES string of the molecule is CC1OC1COc1ccc(-c2ccc(OCC3OC3C)cc2)cc1. The smallest absolute Gasteiger partial charge is 0.119 e. The lowest BCUT2D eigenvalue weighted by Gasteiger charge is -2.08. The molecule has 0 spiro atoms. The molecule has 2 aromatic carbocycles. The van der Waals surface area contributed by atoms with Gasteiger partial charge < -0.3 is 18.9 Å². The fraction of sp³-hybridized carbons (Fsp3) is 0.400. The first-order valence-corrected chi connectivity index (χ1v) is 8.46. The molecule has 126 valence electrons. The summed E-state index contributed by atoms with van der Waals surface area (Å²) in [6.45, 7) is 5.36. The molecule has 0 aliphatic carbocycles. The second-order valence-electron chi connectivity index (χ2n) is 6.43. The van der Waals surface area contributed by atoms with Crippen molar-refractivity contribution in [2.75, 3.05) is 13.2 Å². The van der Waals surface area contributed by atoms with E-state index in [9.17, 15) is 0 Å². The van der Waals surface area contributed by atoms with Crippen molar-refractivity contribution in [2.24, 2.45) is 0 Å². The minimum atomic E-state index is 0.251. The van der Waals surface area contributed by atoms with Crippen molar-refractivity contribution in [2.45, 2.75) is 38.3 Å². The third kappa shape index (κ3) is 3.71. The van der Waals surface area contributed by atoms with Gasteiger partial charge in [-0.1, -0.05) is 24.3 Å². The Balaban J connectivity index is 1.32. The van der Waals surface area contributed by atoms with Gasteiger partial charge in [-0.3, -0.25) is 0 Å². The molecule has 4 atom stereocenters. The number of rotatable bonds is 7. The maximum Gasteiger partial charge on any atom is 0.119 e. The van der Waals surface area contributed by atoms with Crippen LogP contribution in [0.3, 0.4) is 0 Å². The summed E-state index contributed by atoms with van der Waals surface area (Å²) in [4.78, 5) is 0. The lowest BCUT2D eigenvalue weighted by molar-refractivity contribution is 0.260. The molecular formula is C20H22O4. The van der Waals surface area contributed by atoms with Crippen molar-refractivity contribution in [1.29, 1.82) is 0 Å². The highest BCUT2D eigenvalue weighted by Crippen LogP contribution is 2.27. The minimum absolute atomic E-state index is 0.251. The molecule has 0 N–H and O–H groups in total. The number of hydrogen-bond donors (Lipinski definition) is 0. The molecule has 4 rings (SSSR count). The maximum atomic E-state index is 5.72. The van der Waals surface area contributed by atoms with Crippen molar-refractivity contribution in [3.05, 3.63) is 48.5 Å². The molecule has 2 aromatic rings. The fourth-order valence-electron chi connectivity index (χ4n) is 2.65. The largest absolute Gasteiger partial charge is 0.491 e. The molecule has 24 heavy (non-hydrogen) atoms. The van der Waals surface area contributed by atoms with Gasteiger partial charge in [0.1, 0.15) is 36.9 Å². The second-order valence-corrected chi connectivity index (χ2v) is 6.43. The molecule has 2 saturated heterocycles. The quantitative estimate of drug-likeness (QED) is 0.728. The van der Waals surface area contributed by atoms with E-state index in [4.69, 9.17) is 18.9 Å². The van der Waals surface area contributed by atoms with Crippen molar-refractivity contribution in [1.82, 2.24) is 0 Å². The first kappa shape index (κ1) is 15.5. The highest BCUT2D eigenvalue weighted by Gasteiger charge is 2.35. The van der Waals surface area contributed by atoms with Crippen LogP contribution in [0.15, 0.2) is 48.5 Å². The average Bonchev–Trinajstić information content (AvgIpc) is 3.51. The van der Waals surface area contributed by atoms with Crippen molar-refractivity contribution < 1.29 is 18.9 Å². The van der Waals surface area contributed by atoms with E-state index in [2.05, 4.69) is 38.1 Å². The van der Waals surface area contributed by atoms with Gasteiger partial charge in [0.15, 0.2) is 0 Å². The summed E-state index contributed by atoms with van der Waals surface area (Å²) >= 11 is 0. The first-order valence-electron chi connectivity index (χ1n) is 8.46. The Bertz CT molecular complexity index is 618. The lowest BCUT2D eigenvalue weighted by Crippen LogP contribution is -2.06. The molecule has 2 fully saturated rings. The molecule has 0 bridgehead atoms. The predicted molar refractivity (Wildman–Crippen MR) is 91.5 cm³/mol. The summed E-state index contributed by atoms with van der Waals surface area (Å²) in [5.41, 5.74) is 2.31. The van der Waals surface area contributed by atoms with Gasteiger partial charge in [0, 0.05) is 0 Å². The predicted octanol–water partition coefficient (Wildman–Crippen LogP) is 3.69. The van der Waals surface area contributed by atoms with Crippen LogP contribution in [-0.4, -0.2) is 37.6 Å². The lowest BCUT2D eigenvalue weighted by atomic mass is 10.1. The van der Waals surface area contributed by atoms with E-state index >= 15 is 0 Å². The number of hydrogen-bond acceptors (Lipinski definition) is 4.